The first kappa shape index (κ1) is 22.3. The highest BCUT2D eigenvalue weighted by Gasteiger charge is 2.32. The Morgan fingerprint density at radius 1 is 1.06 bits per heavy atom. The van der Waals surface area contributed by atoms with Gasteiger partial charge in [0, 0.05) is 37.7 Å². The van der Waals surface area contributed by atoms with Crippen molar-refractivity contribution in [3.63, 3.8) is 0 Å². The van der Waals surface area contributed by atoms with Crippen LogP contribution in [0.15, 0.2) is 28.8 Å². The topological polar surface area (TPSA) is 92.0 Å². The molecule has 0 aliphatic carbocycles. The molecule has 0 saturated carbocycles. The number of hydrogen-bond donors (Lipinski definition) is 0. The van der Waals surface area contributed by atoms with E-state index in [0.717, 1.165) is 37.1 Å². The summed E-state index contributed by atoms with van der Waals surface area (Å²) in [5.74, 6) is 1.45. The maximum absolute atomic E-state index is 12.9. The standard InChI is InChI=1S/C23H31N5O4/c1-3-31-23(30)28-14-12-27(13-15-28)22(29)18-8-10-26(11-9-18)16-20-24-21(25-32-20)19-7-5-4-6-17(19)2/h4-7,18H,3,8-16H2,1-2H3. The van der Waals surface area contributed by atoms with Crippen LogP contribution in [0.1, 0.15) is 31.2 Å². The summed E-state index contributed by atoms with van der Waals surface area (Å²) in [4.78, 5) is 35.2. The second-order valence-corrected chi connectivity index (χ2v) is 8.39. The molecule has 1 aromatic carbocycles. The smallest absolute Gasteiger partial charge is 0.409 e. The van der Waals surface area contributed by atoms with Crippen LogP contribution in [0.5, 0.6) is 0 Å². The average molecular weight is 442 g/mol. The zero-order valence-electron chi connectivity index (χ0n) is 18.8. The lowest BCUT2D eigenvalue weighted by Gasteiger charge is -2.38. The number of nitrogens with zero attached hydrogens (tertiary/aromatic N) is 5. The highest BCUT2D eigenvalue weighted by molar-refractivity contribution is 5.79. The van der Waals surface area contributed by atoms with Crippen LogP contribution in [0.25, 0.3) is 11.4 Å². The molecule has 2 fully saturated rings. The molecule has 0 N–H and O–H groups in total. The predicted molar refractivity (Wildman–Crippen MR) is 118 cm³/mol. The maximum Gasteiger partial charge on any atom is 0.409 e. The van der Waals surface area contributed by atoms with Crippen molar-refractivity contribution in [3.05, 3.63) is 35.7 Å². The monoisotopic (exact) mass is 441 g/mol. The van der Waals surface area contributed by atoms with Crippen LogP contribution < -0.4 is 0 Å². The minimum absolute atomic E-state index is 0.0330. The number of rotatable bonds is 5. The Morgan fingerprint density at radius 3 is 2.44 bits per heavy atom. The van der Waals surface area contributed by atoms with Gasteiger partial charge >= 0.3 is 6.09 Å². The van der Waals surface area contributed by atoms with Crippen molar-refractivity contribution in [2.45, 2.75) is 33.2 Å². The number of benzene rings is 1. The first-order chi connectivity index (χ1) is 15.5. The number of piperazine rings is 1. The molecule has 9 nitrogen and oxygen atoms in total. The van der Waals surface area contributed by atoms with E-state index in [1.807, 2.05) is 36.1 Å². The van der Waals surface area contributed by atoms with Gasteiger partial charge in [0.15, 0.2) is 0 Å². The van der Waals surface area contributed by atoms with E-state index in [4.69, 9.17) is 9.26 Å². The van der Waals surface area contributed by atoms with Crippen LogP contribution in [0.3, 0.4) is 0 Å². The fourth-order valence-electron chi connectivity index (χ4n) is 4.36. The van der Waals surface area contributed by atoms with E-state index in [-0.39, 0.29) is 17.9 Å². The molecule has 32 heavy (non-hydrogen) atoms. The number of ether oxygens (including phenoxy) is 1. The van der Waals surface area contributed by atoms with Gasteiger partial charge in [-0.05, 0) is 45.3 Å². The average Bonchev–Trinajstić information content (AvgIpc) is 3.28. The van der Waals surface area contributed by atoms with Crippen molar-refractivity contribution in [1.82, 2.24) is 24.8 Å². The van der Waals surface area contributed by atoms with Gasteiger partial charge in [-0.1, -0.05) is 29.4 Å². The number of aryl methyl sites for hydroxylation is 1. The molecule has 2 aromatic rings. The van der Waals surface area contributed by atoms with Gasteiger partial charge in [0.25, 0.3) is 0 Å². The van der Waals surface area contributed by atoms with E-state index in [0.29, 0.717) is 51.0 Å². The van der Waals surface area contributed by atoms with Crippen LogP contribution >= 0.6 is 0 Å². The van der Waals surface area contributed by atoms with Crippen molar-refractivity contribution in [1.29, 1.82) is 0 Å². The van der Waals surface area contributed by atoms with E-state index in [9.17, 15) is 9.59 Å². The summed E-state index contributed by atoms with van der Waals surface area (Å²) in [7, 11) is 0. The van der Waals surface area contributed by atoms with Crippen molar-refractivity contribution in [2.75, 3.05) is 45.9 Å². The molecule has 0 radical (unpaired) electrons. The van der Waals surface area contributed by atoms with Crippen LogP contribution in [0.4, 0.5) is 4.79 Å². The third kappa shape index (κ3) is 5.09. The van der Waals surface area contributed by atoms with Gasteiger partial charge in [-0.15, -0.1) is 0 Å². The van der Waals surface area contributed by atoms with Crippen molar-refractivity contribution < 1.29 is 18.8 Å². The van der Waals surface area contributed by atoms with Gasteiger partial charge < -0.3 is 19.1 Å². The fraction of sp³-hybridized carbons (Fsp3) is 0.565. The molecule has 2 amide bonds. The predicted octanol–water partition coefficient (Wildman–Crippen LogP) is 2.56. The lowest BCUT2D eigenvalue weighted by molar-refractivity contribution is -0.138. The van der Waals surface area contributed by atoms with Crippen molar-refractivity contribution >= 4 is 12.0 Å². The molecule has 2 aliphatic rings. The third-order valence-corrected chi connectivity index (χ3v) is 6.27. The second kappa shape index (κ2) is 10.1. The normalized spacial score (nSPS) is 18.1. The lowest BCUT2D eigenvalue weighted by atomic mass is 9.95. The molecule has 0 spiro atoms. The number of hydrogen-bond acceptors (Lipinski definition) is 7. The van der Waals surface area contributed by atoms with Crippen LogP contribution in [-0.4, -0.2) is 82.7 Å². The molecule has 4 rings (SSSR count). The Morgan fingerprint density at radius 2 is 1.75 bits per heavy atom. The molecular formula is C23H31N5O4. The summed E-state index contributed by atoms with van der Waals surface area (Å²) >= 11 is 0. The minimum atomic E-state index is -0.292. The molecule has 9 heteroatoms. The molecule has 2 saturated heterocycles. The highest BCUT2D eigenvalue weighted by atomic mass is 16.6. The molecule has 172 valence electrons. The Hall–Kier alpha value is -2.94. The number of amides is 2. The van der Waals surface area contributed by atoms with E-state index < -0.39 is 0 Å². The molecular weight excluding hydrogens is 410 g/mol. The summed E-state index contributed by atoms with van der Waals surface area (Å²) in [6.07, 6.45) is 1.34. The van der Waals surface area contributed by atoms with E-state index in [1.54, 1.807) is 11.8 Å². The fourth-order valence-corrected chi connectivity index (χ4v) is 4.36. The quantitative estimate of drug-likeness (QED) is 0.704. The van der Waals surface area contributed by atoms with Gasteiger partial charge in [0.2, 0.25) is 17.6 Å². The zero-order valence-corrected chi connectivity index (χ0v) is 18.8. The van der Waals surface area contributed by atoms with Crippen molar-refractivity contribution in [2.24, 2.45) is 5.92 Å². The van der Waals surface area contributed by atoms with E-state index in [2.05, 4.69) is 15.0 Å². The largest absolute Gasteiger partial charge is 0.450 e. The Balaban J connectivity index is 1.24. The van der Waals surface area contributed by atoms with Gasteiger partial charge in [-0.2, -0.15) is 4.98 Å². The summed E-state index contributed by atoms with van der Waals surface area (Å²) in [6, 6.07) is 7.99. The van der Waals surface area contributed by atoms with Crippen LogP contribution in [0.2, 0.25) is 0 Å². The van der Waals surface area contributed by atoms with Gasteiger partial charge in [-0.25, -0.2) is 4.79 Å². The van der Waals surface area contributed by atoms with Crippen molar-refractivity contribution in [3.8, 4) is 11.4 Å². The molecule has 0 bridgehead atoms. The molecule has 0 atom stereocenters. The Bertz CT molecular complexity index is 930. The summed E-state index contributed by atoms with van der Waals surface area (Å²) in [5.41, 5.74) is 2.09. The first-order valence-corrected chi connectivity index (χ1v) is 11.4. The zero-order chi connectivity index (χ0) is 22.5. The number of piperidine rings is 1. The molecule has 0 unspecified atom stereocenters. The molecule has 1 aromatic heterocycles. The van der Waals surface area contributed by atoms with E-state index >= 15 is 0 Å². The van der Waals surface area contributed by atoms with Crippen LogP contribution in [0, 0.1) is 12.8 Å². The van der Waals surface area contributed by atoms with Gasteiger partial charge in [-0.3, -0.25) is 9.69 Å². The highest BCUT2D eigenvalue weighted by Crippen LogP contribution is 2.23. The summed E-state index contributed by atoms with van der Waals surface area (Å²) < 4.78 is 10.5. The number of aromatic nitrogens is 2. The van der Waals surface area contributed by atoms with Crippen LogP contribution in [-0.2, 0) is 16.1 Å². The van der Waals surface area contributed by atoms with Gasteiger partial charge in [0.05, 0.1) is 13.2 Å². The maximum atomic E-state index is 12.9. The SMILES string of the molecule is CCOC(=O)N1CCN(C(=O)C2CCN(Cc3nc(-c4ccccc4C)no3)CC2)CC1. The Labute approximate surface area is 188 Å². The first-order valence-electron chi connectivity index (χ1n) is 11.4. The van der Waals surface area contributed by atoms with Gasteiger partial charge in [0.1, 0.15) is 0 Å². The number of carbonyl (C=O) groups is 2. The van der Waals surface area contributed by atoms with E-state index in [1.165, 1.54) is 0 Å². The Kier molecular flexibility index (Phi) is 7.04. The third-order valence-electron chi connectivity index (χ3n) is 6.27. The molecule has 3 heterocycles. The minimum Gasteiger partial charge on any atom is -0.450 e. The lowest BCUT2D eigenvalue weighted by Crippen LogP contribution is -2.53. The summed E-state index contributed by atoms with van der Waals surface area (Å²) in [6.45, 7) is 8.64. The molecule has 2 aliphatic heterocycles. The number of carbonyl (C=O) groups excluding carboxylic acids is 2. The number of likely N-dealkylation sites (tertiary alicyclic amines) is 1. The summed E-state index contributed by atoms with van der Waals surface area (Å²) in [5, 5.41) is 4.14. The second-order valence-electron chi connectivity index (χ2n) is 8.39.